The van der Waals surface area contributed by atoms with Crippen LogP contribution in [0.15, 0.2) is 0 Å². The van der Waals surface area contributed by atoms with Crippen LogP contribution in [0, 0.1) is 17.8 Å². The zero-order valence-electron chi connectivity index (χ0n) is 14.1. The average Bonchev–Trinajstić information content (AvgIpc) is 2.41. The summed E-state index contributed by atoms with van der Waals surface area (Å²) in [6.07, 6.45) is 4.19. The molecule has 3 atom stereocenters. The molecule has 0 amide bonds. The van der Waals surface area contributed by atoms with E-state index in [2.05, 4.69) is 42.9 Å². The average molecular weight is 281 g/mol. The van der Waals surface area contributed by atoms with Crippen LogP contribution < -0.4 is 5.32 Å². The summed E-state index contributed by atoms with van der Waals surface area (Å²) in [4.78, 5) is 5.35. The van der Waals surface area contributed by atoms with Crippen molar-refractivity contribution in [2.24, 2.45) is 17.8 Å². The summed E-state index contributed by atoms with van der Waals surface area (Å²) in [5.41, 5.74) is 0. The fourth-order valence-corrected chi connectivity index (χ4v) is 4.08. The van der Waals surface area contributed by atoms with Crippen molar-refractivity contribution in [3.05, 3.63) is 0 Å². The number of nitrogens with zero attached hydrogens (tertiary/aromatic N) is 2. The minimum absolute atomic E-state index is 0.750. The summed E-state index contributed by atoms with van der Waals surface area (Å²) in [6, 6.07) is 0.750. The number of hydrogen-bond donors (Lipinski definition) is 1. The molecule has 1 aliphatic heterocycles. The Morgan fingerprint density at radius 1 is 1.05 bits per heavy atom. The molecule has 0 aromatic carbocycles. The van der Waals surface area contributed by atoms with Gasteiger partial charge < -0.3 is 15.1 Å². The highest BCUT2D eigenvalue weighted by molar-refractivity contribution is 4.86. The molecule has 0 radical (unpaired) electrons. The van der Waals surface area contributed by atoms with Crippen LogP contribution in [0.3, 0.4) is 0 Å². The fraction of sp³-hybridized carbons (Fsp3) is 1.00. The normalized spacial score (nSPS) is 33.8. The lowest BCUT2D eigenvalue weighted by Crippen LogP contribution is -2.51. The largest absolute Gasteiger partial charge is 0.317 e. The maximum Gasteiger partial charge on any atom is 0.0110 e. The van der Waals surface area contributed by atoms with E-state index < -0.39 is 0 Å². The predicted octanol–water partition coefficient (Wildman–Crippen LogP) is 2.28. The van der Waals surface area contributed by atoms with Crippen molar-refractivity contribution in [3.63, 3.8) is 0 Å². The van der Waals surface area contributed by atoms with E-state index in [0.717, 1.165) is 23.8 Å². The molecule has 2 aliphatic rings. The van der Waals surface area contributed by atoms with Crippen LogP contribution in [-0.4, -0.2) is 62.2 Å². The van der Waals surface area contributed by atoms with Crippen LogP contribution in [0.4, 0.5) is 0 Å². The Bertz CT molecular complexity index is 271. The van der Waals surface area contributed by atoms with Gasteiger partial charge in [-0.05, 0) is 44.1 Å². The van der Waals surface area contributed by atoms with Crippen LogP contribution in [0.1, 0.15) is 40.0 Å². The van der Waals surface area contributed by atoms with Crippen molar-refractivity contribution >= 4 is 0 Å². The highest BCUT2D eigenvalue weighted by Gasteiger charge is 2.30. The first-order chi connectivity index (χ1) is 9.58. The fourth-order valence-electron chi connectivity index (χ4n) is 4.08. The summed E-state index contributed by atoms with van der Waals surface area (Å²) in [6.45, 7) is 14.7. The first-order valence-electron chi connectivity index (χ1n) is 8.70. The molecule has 118 valence electrons. The Kier molecular flexibility index (Phi) is 6.31. The second kappa shape index (κ2) is 7.77. The molecule has 1 saturated carbocycles. The SMILES string of the molecule is CNC1CCC(C)CC1CN1CCN(CC(C)C)CC1. The third-order valence-corrected chi connectivity index (χ3v) is 5.20. The molecule has 0 spiro atoms. The lowest BCUT2D eigenvalue weighted by molar-refractivity contribution is 0.0869. The molecular weight excluding hydrogens is 246 g/mol. The lowest BCUT2D eigenvalue weighted by Gasteiger charge is -2.41. The predicted molar refractivity (Wildman–Crippen MR) is 87.1 cm³/mol. The van der Waals surface area contributed by atoms with Crippen molar-refractivity contribution in [2.45, 2.75) is 46.1 Å². The zero-order valence-corrected chi connectivity index (χ0v) is 14.1. The standard InChI is InChI=1S/C17H35N3/c1-14(2)12-19-7-9-20(10-8-19)13-16-11-15(3)5-6-17(16)18-4/h14-18H,5-13H2,1-4H3. The van der Waals surface area contributed by atoms with Crippen molar-refractivity contribution in [1.29, 1.82) is 0 Å². The van der Waals surface area contributed by atoms with Crippen molar-refractivity contribution in [3.8, 4) is 0 Å². The molecule has 2 rings (SSSR count). The van der Waals surface area contributed by atoms with E-state index in [1.165, 1.54) is 58.5 Å². The first-order valence-corrected chi connectivity index (χ1v) is 8.70. The molecule has 1 saturated heterocycles. The molecule has 20 heavy (non-hydrogen) atoms. The number of nitrogens with one attached hydrogen (secondary N) is 1. The Morgan fingerprint density at radius 2 is 1.70 bits per heavy atom. The van der Waals surface area contributed by atoms with E-state index in [1.54, 1.807) is 0 Å². The molecular formula is C17H35N3. The van der Waals surface area contributed by atoms with Gasteiger partial charge in [-0.15, -0.1) is 0 Å². The third-order valence-electron chi connectivity index (χ3n) is 5.20. The molecule has 1 heterocycles. The summed E-state index contributed by atoms with van der Waals surface area (Å²) in [5.74, 6) is 2.58. The maximum atomic E-state index is 3.56. The number of hydrogen-bond acceptors (Lipinski definition) is 3. The van der Waals surface area contributed by atoms with Gasteiger partial charge in [0.1, 0.15) is 0 Å². The second-order valence-electron chi connectivity index (χ2n) is 7.57. The van der Waals surface area contributed by atoms with Crippen molar-refractivity contribution in [2.75, 3.05) is 46.3 Å². The van der Waals surface area contributed by atoms with Crippen LogP contribution in [0.25, 0.3) is 0 Å². The van der Waals surface area contributed by atoms with Crippen LogP contribution >= 0.6 is 0 Å². The number of piperazine rings is 1. The molecule has 3 unspecified atom stereocenters. The second-order valence-corrected chi connectivity index (χ2v) is 7.57. The van der Waals surface area contributed by atoms with Gasteiger partial charge in [-0.3, -0.25) is 0 Å². The minimum atomic E-state index is 0.750. The third kappa shape index (κ3) is 4.71. The molecule has 2 fully saturated rings. The summed E-state index contributed by atoms with van der Waals surface area (Å²) < 4.78 is 0. The summed E-state index contributed by atoms with van der Waals surface area (Å²) in [5, 5.41) is 3.56. The van der Waals surface area contributed by atoms with Gasteiger partial charge in [-0.25, -0.2) is 0 Å². The molecule has 0 aromatic heterocycles. The van der Waals surface area contributed by atoms with E-state index in [4.69, 9.17) is 0 Å². The molecule has 0 bridgehead atoms. The van der Waals surface area contributed by atoms with E-state index in [1.807, 2.05) is 0 Å². The van der Waals surface area contributed by atoms with Gasteiger partial charge in [0, 0.05) is 45.3 Å². The van der Waals surface area contributed by atoms with Gasteiger partial charge in [0.2, 0.25) is 0 Å². The highest BCUT2D eigenvalue weighted by Crippen LogP contribution is 2.29. The van der Waals surface area contributed by atoms with E-state index >= 15 is 0 Å². The Balaban J connectivity index is 1.76. The van der Waals surface area contributed by atoms with Gasteiger partial charge in [0.25, 0.3) is 0 Å². The quantitative estimate of drug-likeness (QED) is 0.834. The van der Waals surface area contributed by atoms with Crippen LogP contribution in [-0.2, 0) is 0 Å². The van der Waals surface area contributed by atoms with Gasteiger partial charge in [-0.2, -0.15) is 0 Å². The van der Waals surface area contributed by atoms with Crippen LogP contribution in [0.5, 0.6) is 0 Å². The molecule has 0 aromatic rings. The summed E-state index contributed by atoms with van der Waals surface area (Å²) >= 11 is 0. The monoisotopic (exact) mass is 281 g/mol. The van der Waals surface area contributed by atoms with Crippen molar-refractivity contribution < 1.29 is 0 Å². The van der Waals surface area contributed by atoms with E-state index in [-0.39, 0.29) is 0 Å². The van der Waals surface area contributed by atoms with Crippen molar-refractivity contribution in [1.82, 2.24) is 15.1 Å². The lowest BCUT2D eigenvalue weighted by atomic mass is 9.78. The Labute approximate surface area is 126 Å². The van der Waals surface area contributed by atoms with Gasteiger partial charge in [0.05, 0.1) is 0 Å². The first kappa shape index (κ1) is 16.3. The van der Waals surface area contributed by atoms with Crippen LogP contribution in [0.2, 0.25) is 0 Å². The molecule has 1 aliphatic carbocycles. The van der Waals surface area contributed by atoms with E-state index in [0.29, 0.717) is 0 Å². The van der Waals surface area contributed by atoms with E-state index in [9.17, 15) is 0 Å². The molecule has 1 N–H and O–H groups in total. The smallest absolute Gasteiger partial charge is 0.0110 e. The topological polar surface area (TPSA) is 18.5 Å². The van der Waals surface area contributed by atoms with Gasteiger partial charge >= 0.3 is 0 Å². The zero-order chi connectivity index (χ0) is 14.5. The van der Waals surface area contributed by atoms with Gasteiger partial charge in [0.15, 0.2) is 0 Å². The maximum absolute atomic E-state index is 3.56. The Morgan fingerprint density at radius 3 is 2.30 bits per heavy atom. The Hall–Kier alpha value is -0.120. The van der Waals surface area contributed by atoms with Gasteiger partial charge in [-0.1, -0.05) is 20.8 Å². The summed E-state index contributed by atoms with van der Waals surface area (Å²) in [7, 11) is 2.15. The molecule has 3 heteroatoms. The molecule has 3 nitrogen and oxygen atoms in total. The highest BCUT2D eigenvalue weighted by atomic mass is 15.3. The number of rotatable bonds is 5. The minimum Gasteiger partial charge on any atom is -0.317 e.